The summed E-state index contributed by atoms with van der Waals surface area (Å²) < 4.78 is 26.5. The number of nitriles is 1. The fourth-order valence-corrected chi connectivity index (χ4v) is 6.85. The Bertz CT molecular complexity index is 1100. The number of sulfonamides is 1. The first-order valence-corrected chi connectivity index (χ1v) is 12.0. The summed E-state index contributed by atoms with van der Waals surface area (Å²) in [5.41, 5.74) is 3.25. The predicted octanol–water partition coefficient (Wildman–Crippen LogP) is 4.19. The van der Waals surface area contributed by atoms with Crippen LogP contribution in [0.5, 0.6) is 0 Å². The lowest BCUT2D eigenvalue weighted by Crippen LogP contribution is -2.43. The molecule has 0 unspecified atom stereocenters. The third-order valence-electron chi connectivity index (χ3n) is 7.05. The number of hydrogen-bond acceptors (Lipinski definition) is 4. The second kappa shape index (κ2) is 7.98. The van der Waals surface area contributed by atoms with Crippen LogP contribution in [-0.2, 0) is 10.0 Å². The molecular formula is C24H27N3O2S. The maximum Gasteiger partial charge on any atom is 0.214 e. The highest BCUT2D eigenvalue weighted by Crippen LogP contribution is 2.46. The van der Waals surface area contributed by atoms with Crippen molar-refractivity contribution in [2.75, 3.05) is 12.8 Å². The quantitative estimate of drug-likeness (QED) is 0.745. The molecule has 1 saturated carbocycles. The molecule has 1 aliphatic carbocycles. The van der Waals surface area contributed by atoms with E-state index in [1.54, 1.807) is 23.6 Å². The first-order valence-electron chi connectivity index (χ1n) is 10.4. The molecule has 1 aliphatic heterocycles. The molecule has 30 heavy (non-hydrogen) atoms. The summed E-state index contributed by atoms with van der Waals surface area (Å²) in [6.45, 7) is 4.45. The molecule has 2 aromatic rings. The molecule has 156 valence electrons. The van der Waals surface area contributed by atoms with Crippen LogP contribution in [0.4, 0.5) is 0 Å². The van der Waals surface area contributed by atoms with E-state index in [4.69, 9.17) is 0 Å². The summed E-state index contributed by atoms with van der Waals surface area (Å²) in [5, 5.41) is 9.31. The van der Waals surface area contributed by atoms with E-state index in [9.17, 15) is 13.7 Å². The SMILES string of the molecule is C[C@H]1[C@H](C=Cc2ccc(-c3ccccc3C#N)cn2)[C@H]2CS(=O)(=O)N(C)[C@H]2C[C@@H]1C. The van der Waals surface area contributed by atoms with Crippen LogP contribution in [0.2, 0.25) is 0 Å². The number of rotatable bonds is 3. The van der Waals surface area contributed by atoms with Gasteiger partial charge in [-0.1, -0.05) is 44.2 Å². The Balaban J connectivity index is 1.58. The lowest BCUT2D eigenvalue weighted by molar-refractivity contribution is 0.104. The van der Waals surface area contributed by atoms with Gasteiger partial charge in [0.15, 0.2) is 0 Å². The van der Waals surface area contributed by atoms with Gasteiger partial charge in [0.25, 0.3) is 0 Å². The van der Waals surface area contributed by atoms with E-state index in [1.807, 2.05) is 36.4 Å². The first kappa shape index (κ1) is 20.8. The van der Waals surface area contributed by atoms with Crippen molar-refractivity contribution < 1.29 is 8.42 Å². The minimum absolute atomic E-state index is 0.0914. The molecule has 4 rings (SSSR count). The van der Waals surface area contributed by atoms with E-state index in [1.165, 1.54) is 0 Å². The smallest absolute Gasteiger partial charge is 0.214 e. The van der Waals surface area contributed by atoms with Crippen LogP contribution < -0.4 is 0 Å². The number of pyridine rings is 1. The third kappa shape index (κ3) is 3.68. The van der Waals surface area contributed by atoms with Crippen molar-refractivity contribution in [3.05, 3.63) is 59.9 Å². The van der Waals surface area contributed by atoms with E-state index < -0.39 is 10.0 Å². The molecule has 0 N–H and O–H groups in total. The van der Waals surface area contributed by atoms with Crippen LogP contribution in [0.3, 0.4) is 0 Å². The lowest BCUT2D eigenvalue weighted by Gasteiger charge is -2.41. The summed E-state index contributed by atoms with van der Waals surface area (Å²) in [6.07, 6.45) is 6.90. The summed E-state index contributed by atoms with van der Waals surface area (Å²) in [5.74, 6) is 1.46. The predicted molar refractivity (Wildman–Crippen MR) is 119 cm³/mol. The van der Waals surface area contributed by atoms with Gasteiger partial charge < -0.3 is 0 Å². The number of benzene rings is 1. The van der Waals surface area contributed by atoms with Gasteiger partial charge in [-0.05, 0) is 48.3 Å². The Hall–Kier alpha value is -2.49. The molecule has 5 atom stereocenters. The number of fused-ring (bicyclic) bond motifs is 1. The Morgan fingerprint density at radius 3 is 2.67 bits per heavy atom. The Labute approximate surface area is 179 Å². The Kier molecular flexibility index (Phi) is 5.52. The number of nitrogens with zero attached hydrogens (tertiary/aromatic N) is 3. The van der Waals surface area contributed by atoms with Crippen LogP contribution >= 0.6 is 0 Å². The average molecular weight is 422 g/mol. The second-order valence-electron chi connectivity index (χ2n) is 8.66. The highest BCUT2D eigenvalue weighted by Gasteiger charge is 2.50. The molecule has 2 heterocycles. The van der Waals surface area contributed by atoms with Gasteiger partial charge in [-0.3, -0.25) is 4.98 Å². The molecule has 5 nitrogen and oxygen atoms in total. The van der Waals surface area contributed by atoms with Crippen molar-refractivity contribution in [3.8, 4) is 17.2 Å². The number of allylic oxidation sites excluding steroid dienone is 1. The van der Waals surface area contributed by atoms with Gasteiger partial charge in [-0.25, -0.2) is 12.7 Å². The summed E-state index contributed by atoms with van der Waals surface area (Å²) in [7, 11) is -1.43. The third-order valence-corrected chi connectivity index (χ3v) is 9.00. The van der Waals surface area contributed by atoms with E-state index in [-0.39, 0.29) is 23.6 Å². The van der Waals surface area contributed by atoms with Gasteiger partial charge in [-0.15, -0.1) is 0 Å². The van der Waals surface area contributed by atoms with Crippen LogP contribution in [0.1, 0.15) is 31.5 Å². The van der Waals surface area contributed by atoms with Gasteiger partial charge in [0.1, 0.15) is 0 Å². The Morgan fingerprint density at radius 1 is 1.20 bits per heavy atom. The fourth-order valence-electron chi connectivity index (χ4n) is 5.03. The van der Waals surface area contributed by atoms with E-state index in [0.29, 0.717) is 17.4 Å². The van der Waals surface area contributed by atoms with Crippen LogP contribution in [0.15, 0.2) is 48.7 Å². The molecule has 0 amide bonds. The van der Waals surface area contributed by atoms with Crippen molar-refractivity contribution >= 4 is 16.1 Å². The normalized spacial score (nSPS) is 30.8. The molecule has 0 radical (unpaired) electrons. The molecule has 2 fully saturated rings. The largest absolute Gasteiger partial charge is 0.256 e. The summed E-state index contributed by atoms with van der Waals surface area (Å²) in [6, 6.07) is 13.7. The van der Waals surface area contributed by atoms with E-state index >= 15 is 0 Å². The second-order valence-corrected chi connectivity index (χ2v) is 10.7. The molecule has 1 aromatic heterocycles. The van der Waals surface area contributed by atoms with Gasteiger partial charge >= 0.3 is 0 Å². The van der Waals surface area contributed by atoms with Gasteiger partial charge in [0, 0.05) is 30.4 Å². The monoisotopic (exact) mass is 421 g/mol. The molecule has 6 heteroatoms. The lowest BCUT2D eigenvalue weighted by atomic mass is 9.66. The maximum atomic E-state index is 12.5. The molecular weight excluding hydrogens is 394 g/mol. The molecule has 1 saturated heterocycles. The van der Waals surface area contributed by atoms with Gasteiger partial charge in [0.05, 0.1) is 23.1 Å². The van der Waals surface area contributed by atoms with Crippen LogP contribution in [0.25, 0.3) is 17.2 Å². The van der Waals surface area contributed by atoms with Gasteiger partial charge in [0.2, 0.25) is 10.0 Å². The average Bonchev–Trinajstić information content (AvgIpc) is 2.97. The zero-order valence-corrected chi connectivity index (χ0v) is 18.4. The van der Waals surface area contributed by atoms with Crippen molar-refractivity contribution in [1.29, 1.82) is 5.26 Å². The highest BCUT2D eigenvalue weighted by atomic mass is 32.2. The topological polar surface area (TPSA) is 74.1 Å². The van der Waals surface area contributed by atoms with E-state index in [2.05, 4.69) is 31.0 Å². The minimum Gasteiger partial charge on any atom is -0.256 e. The maximum absolute atomic E-state index is 12.5. The first-order chi connectivity index (χ1) is 14.3. The number of hydrogen-bond donors (Lipinski definition) is 0. The number of aromatic nitrogens is 1. The van der Waals surface area contributed by atoms with Gasteiger partial charge in [-0.2, -0.15) is 5.26 Å². The van der Waals surface area contributed by atoms with E-state index in [0.717, 1.165) is 23.2 Å². The standard InChI is InChI=1S/C24H27N3O2S/c1-16-12-24-23(15-30(28,29)27(24)3)21(17(16)2)11-10-20-9-8-19(14-26-20)22-7-5-4-6-18(22)13-25/h4-11,14,16-17,21,23-24H,12,15H2,1-3H3/t16-,17+,21-,23+,24-/m0/s1. The summed E-state index contributed by atoms with van der Waals surface area (Å²) in [4.78, 5) is 4.56. The van der Waals surface area contributed by atoms with Crippen molar-refractivity contribution in [3.63, 3.8) is 0 Å². The van der Waals surface area contributed by atoms with Crippen molar-refractivity contribution in [1.82, 2.24) is 9.29 Å². The molecule has 0 bridgehead atoms. The highest BCUT2D eigenvalue weighted by molar-refractivity contribution is 7.89. The van der Waals surface area contributed by atoms with Crippen molar-refractivity contribution in [2.45, 2.75) is 26.3 Å². The molecule has 1 aromatic carbocycles. The molecule has 0 spiro atoms. The summed E-state index contributed by atoms with van der Waals surface area (Å²) >= 11 is 0. The van der Waals surface area contributed by atoms with Crippen LogP contribution in [-0.4, -0.2) is 36.5 Å². The fraction of sp³-hybridized carbons (Fsp3) is 0.417. The van der Waals surface area contributed by atoms with Crippen LogP contribution in [0, 0.1) is 35.0 Å². The zero-order valence-electron chi connectivity index (χ0n) is 17.6. The minimum atomic E-state index is -3.16. The Morgan fingerprint density at radius 2 is 1.97 bits per heavy atom. The van der Waals surface area contributed by atoms with Crippen molar-refractivity contribution in [2.24, 2.45) is 23.7 Å². The zero-order chi connectivity index (χ0) is 21.5. The molecule has 2 aliphatic rings.